The lowest BCUT2D eigenvalue weighted by Gasteiger charge is -2.34. The maximum absolute atomic E-state index is 12.3. The predicted molar refractivity (Wildman–Crippen MR) is 84.2 cm³/mol. The monoisotopic (exact) mass is 309 g/mol. The zero-order chi connectivity index (χ0) is 15.1. The maximum Gasteiger partial charge on any atom is 0.245 e. The number of nitrogens with one attached hydrogen (secondary N) is 1. The first-order valence-electron chi connectivity index (χ1n) is 7.69. The van der Waals surface area contributed by atoms with E-state index >= 15 is 0 Å². The van der Waals surface area contributed by atoms with Crippen LogP contribution in [0.2, 0.25) is 0 Å². The molecule has 1 aliphatic rings. The van der Waals surface area contributed by atoms with Crippen molar-refractivity contribution in [1.82, 2.24) is 9.88 Å². The van der Waals surface area contributed by atoms with Crippen molar-refractivity contribution in [3.63, 3.8) is 0 Å². The van der Waals surface area contributed by atoms with Crippen LogP contribution >= 0.6 is 11.3 Å². The Morgan fingerprint density at radius 2 is 2.14 bits per heavy atom. The minimum atomic E-state index is -0.153. The third kappa shape index (κ3) is 4.81. The van der Waals surface area contributed by atoms with Gasteiger partial charge in [0.25, 0.3) is 0 Å². The number of aromatic nitrogens is 1. The van der Waals surface area contributed by atoms with Gasteiger partial charge in [-0.2, -0.15) is 0 Å². The van der Waals surface area contributed by atoms with Gasteiger partial charge >= 0.3 is 0 Å². The molecule has 5 nitrogen and oxygen atoms in total. The Labute approximate surface area is 129 Å². The maximum atomic E-state index is 12.3. The van der Waals surface area contributed by atoms with Crippen LogP contribution in [0.15, 0.2) is 11.6 Å². The standard InChI is InChI=1S/C15H23N3O2S/c1-2-6-14(20)18(12-7-4-3-5-8-12)11-13(19)17-15-16-9-10-21-15/h9-10,12H,2-8,11H2,1H3,(H,16,17,19). The van der Waals surface area contributed by atoms with Crippen LogP contribution in [0.4, 0.5) is 5.13 Å². The fraction of sp³-hybridized carbons (Fsp3) is 0.667. The Hall–Kier alpha value is -1.43. The van der Waals surface area contributed by atoms with Crippen LogP contribution in [-0.2, 0) is 9.59 Å². The van der Waals surface area contributed by atoms with Gasteiger partial charge in [0.15, 0.2) is 5.13 Å². The van der Waals surface area contributed by atoms with Crippen molar-refractivity contribution >= 4 is 28.3 Å². The molecule has 2 rings (SSSR count). The van der Waals surface area contributed by atoms with E-state index in [1.54, 1.807) is 11.1 Å². The Morgan fingerprint density at radius 1 is 1.38 bits per heavy atom. The number of nitrogens with zero attached hydrogens (tertiary/aromatic N) is 2. The van der Waals surface area contributed by atoms with Crippen LogP contribution in [0.1, 0.15) is 51.9 Å². The molecule has 2 amide bonds. The molecule has 1 heterocycles. The number of anilines is 1. The number of hydrogen-bond donors (Lipinski definition) is 1. The summed E-state index contributed by atoms with van der Waals surface area (Å²) in [6.07, 6.45) is 8.54. The topological polar surface area (TPSA) is 62.3 Å². The van der Waals surface area contributed by atoms with E-state index in [2.05, 4.69) is 10.3 Å². The molecule has 0 radical (unpaired) electrons. The number of thiazole rings is 1. The van der Waals surface area contributed by atoms with E-state index in [1.165, 1.54) is 17.8 Å². The van der Waals surface area contributed by atoms with E-state index in [4.69, 9.17) is 0 Å². The highest BCUT2D eigenvalue weighted by molar-refractivity contribution is 7.13. The molecule has 1 aromatic rings. The zero-order valence-electron chi connectivity index (χ0n) is 12.5. The summed E-state index contributed by atoms with van der Waals surface area (Å²) < 4.78 is 0. The molecule has 0 spiro atoms. The van der Waals surface area contributed by atoms with Crippen LogP contribution in [0.5, 0.6) is 0 Å². The summed E-state index contributed by atoms with van der Waals surface area (Å²) in [6.45, 7) is 2.13. The number of amides is 2. The normalized spacial score (nSPS) is 15.7. The molecule has 0 bridgehead atoms. The Balaban J connectivity index is 1.97. The van der Waals surface area contributed by atoms with Crippen molar-refractivity contribution in [1.29, 1.82) is 0 Å². The summed E-state index contributed by atoms with van der Waals surface area (Å²) in [5.41, 5.74) is 0. The average Bonchev–Trinajstić information content (AvgIpc) is 2.98. The summed E-state index contributed by atoms with van der Waals surface area (Å²) in [6, 6.07) is 0.222. The summed E-state index contributed by atoms with van der Waals surface area (Å²) in [5.74, 6) is -0.0568. The lowest BCUT2D eigenvalue weighted by molar-refractivity contribution is -0.137. The highest BCUT2D eigenvalue weighted by Gasteiger charge is 2.26. The highest BCUT2D eigenvalue weighted by Crippen LogP contribution is 2.23. The SMILES string of the molecule is CCCC(=O)N(CC(=O)Nc1nccs1)C1CCCCC1. The highest BCUT2D eigenvalue weighted by atomic mass is 32.1. The fourth-order valence-electron chi connectivity index (χ4n) is 2.77. The van der Waals surface area contributed by atoms with Gasteiger partial charge in [0.2, 0.25) is 11.8 Å². The predicted octanol–water partition coefficient (Wildman–Crippen LogP) is 3.04. The Bertz CT molecular complexity index is 455. The molecule has 6 heteroatoms. The van der Waals surface area contributed by atoms with E-state index in [-0.39, 0.29) is 24.4 Å². The fourth-order valence-corrected chi connectivity index (χ4v) is 3.31. The number of hydrogen-bond acceptors (Lipinski definition) is 4. The molecule has 116 valence electrons. The summed E-state index contributed by atoms with van der Waals surface area (Å²) >= 11 is 1.39. The largest absolute Gasteiger partial charge is 0.330 e. The van der Waals surface area contributed by atoms with Crippen molar-refractivity contribution in [2.45, 2.75) is 57.9 Å². The van der Waals surface area contributed by atoms with Gasteiger partial charge in [-0.1, -0.05) is 26.2 Å². The Kier molecular flexibility index (Phi) is 6.17. The smallest absolute Gasteiger partial charge is 0.245 e. The van der Waals surface area contributed by atoms with Crippen LogP contribution in [0.25, 0.3) is 0 Å². The minimum absolute atomic E-state index is 0.0960. The number of rotatable bonds is 6. The molecular weight excluding hydrogens is 286 g/mol. The van der Waals surface area contributed by atoms with Crippen molar-refractivity contribution in [3.05, 3.63) is 11.6 Å². The van der Waals surface area contributed by atoms with Crippen LogP contribution in [0, 0.1) is 0 Å². The van der Waals surface area contributed by atoms with Crippen LogP contribution in [-0.4, -0.2) is 34.3 Å². The Morgan fingerprint density at radius 3 is 2.76 bits per heavy atom. The third-order valence-corrected chi connectivity index (χ3v) is 4.48. The van der Waals surface area contributed by atoms with E-state index in [0.717, 1.165) is 32.1 Å². The quantitative estimate of drug-likeness (QED) is 0.878. The van der Waals surface area contributed by atoms with Crippen molar-refractivity contribution < 1.29 is 9.59 Å². The molecular formula is C15H23N3O2S. The van der Waals surface area contributed by atoms with Gasteiger partial charge in [0, 0.05) is 24.0 Å². The van der Waals surface area contributed by atoms with E-state index in [9.17, 15) is 9.59 Å². The van der Waals surface area contributed by atoms with E-state index in [1.807, 2.05) is 12.3 Å². The van der Waals surface area contributed by atoms with E-state index in [0.29, 0.717) is 11.6 Å². The lowest BCUT2D eigenvalue weighted by Crippen LogP contribution is -2.45. The van der Waals surface area contributed by atoms with Gasteiger partial charge in [-0.05, 0) is 19.3 Å². The van der Waals surface area contributed by atoms with Gasteiger partial charge in [-0.3, -0.25) is 9.59 Å². The molecule has 1 fully saturated rings. The minimum Gasteiger partial charge on any atom is -0.330 e. The first kappa shape index (κ1) is 15.9. The first-order chi connectivity index (χ1) is 10.2. The van der Waals surface area contributed by atoms with Gasteiger partial charge in [0.05, 0.1) is 0 Å². The van der Waals surface area contributed by atoms with Crippen LogP contribution < -0.4 is 5.32 Å². The second-order valence-corrected chi connectivity index (χ2v) is 6.34. The molecule has 1 aromatic heterocycles. The second-order valence-electron chi connectivity index (χ2n) is 5.45. The van der Waals surface area contributed by atoms with Gasteiger partial charge in [-0.25, -0.2) is 4.98 Å². The molecule has 0 atom stereocenters. The molecule has 0 aromatic carbocycles. The molecule has 1 N–H and O–H groups in total. The van der Waals surface area contributed by atoms with Crippen molar-refractivity contribution in [2.75, 3.05) is 11.9 Å². The third-order valence-electron chi connectivity index (χ3n) is 3.79. The average molecular weight is 309 g/mol. The molecule has 1 aliphatic carbocycles. The van der Waals surface area contributed by atoms with E-state index < -0.39 is 0 Å². The van der Waals surface area contributed by atoms with Gasteiger partial charge in [0.1, 0.15) is 6.54 Å². The number of carbonyl (C=O) groups is 2. The number of carbonyl (C=O) groups excluding carboxylic acids is 2. The second kappa shape index (κ2) is 8.12. The lowest BCUT2D eigenvalue weighted by atomic mass is 9.94. The summed E-state index contributed by atoms with van der Waals surface area (Å²) in [7, 11) is 0. The zero-order valence-corrected chi connectivity index (χ0v) is 13.3. The first-order valence-corrected chi connectivity index (χ1v) is 8.57. The molecule has 1 saturated carbocycles. The van der Waals surface area contributed by atoms with Crippen LogP contribution in [0.3, 0.4) is 0 Å². The van der Waals surface area contributed by atoms with Crippen molar-refractivity contribution in [3.8, 4) is 0 Å². The summed E-state index contributed by atoms with van der Waals surface area (Å²) in [4.78, 5) is 30.3. The molecule has 0 saturated heterocycles. The summed E-state index contributed by atoms with van der Waals surface area (Å²) in [5, 5.41) is 5.17. The molecule has 21 heavy (non-hydrogen) atoms. The molecule has 0 aliphatic heterocycles. The molecule has 0 unspecified atom stereocenters. The van der Waals surface area contributed by atoms with Crippen molar-refractivity contribution in [2.24, 2.45) is 0 Å². The van der Waals surface area contributed by atoms with Gasteiger partial charge < -0.3 is 10.2 Å². The van der Waals surface area contributed by atoms with Gasteiger partial charge in [-0.15, -0.1) is 11.3 Å².